The molecule has 0 aliphatic heterocycles. The van der Waals surface area contributed by atoms with Crippen molar-refractivity contribution in [3.63, 3.8) is 0 Å². The molecule has 84 valence electrons. The molecule has 3 aromatic rings. The second kappa shape index (κ2) is 3.41. The third kappa shape index (κ3) is 1.63. The highest BCUT2D eigenvalue weighted by Gasteiger charge is 2.07. The quantitative estimate of drug-likeness (QED) is 0.559. The van der Waals surface area contributed by atoms with Crippen molar-refractivity contribution in [2.45, 2.75) is 0 Å². The van der Waals surface area contributed by atoms with Gasteiger partial charge in [0, 0.05) is 17.6 Å². The molecule has 0 bridgehead atoms. The number of aromatic nitrogens is 5. The van der Waals surface area contributed by atoms with Crippen LogP contribution in [0.25, 0.3) is 22.4 Å². The zero-order valence-electron chi connectivity index (χ0n) is 8.75. The molecule has 0 spiro atoms. The van der Waals surface area contributed by atoms with Gasteiger partial charge in [-0.3, -0.25) is 10.1 Å². The van der Waals surface area contributed by atoms with Crippen molar-refractivity contribution in [1.29, 1.82) is 0 Å². The number of nitrogens with one attached hydrogen (secondary N) is 1. The van der Waals surface area contributed by atoms with Gasteiger partial charge in [0.2, 0.25) is 0 Å². The average molecular weight is 227 g/mol. The summed E-state index contributed by atoms with van der Waals surface area (Å²) in [7, 11) is 0. The van der Waals surface area contributed by atoms with E-state index in [1.54, 1.807) is 18.5 Å². The van der Waals surface area contributed by atoms with E-state index < -0.39 is 0 Å². The Morgan fingerprint density at radius 3 is 2.53 bits per heavy atom. The predicted octanol–water partition coefficient (Wildman–Crippen LogP) is 0.579. The van der Waals surface area contributed by atoms with Gasteiger partial charge >= 0.3 is 0 Å². The lowest BCUT2D eigenvalue weighted by Crippen LogP contribution is -2.00. The molecule has 0 aliphatic carbocycles. The number of fused-ring (bicyclic) bond motifs is 1. The van der Waals surface area contributed by atoms with Gasteiger partial charge in [-0.25, -0.2) is 9.97 Å². The molecule has 7 nitrogen and oxygen atoms in total. The molecule has 0 aliphatic rings. The number of nitrogens with two attached hydrogens (primary N) is 2. The fourth-order valence-electron chi connectivity index (χ4n) is 1.56. The topological polar surface area (TPSA) is 119 Å². The highest BCUT2D eigenvalue weighted by Crippen LogP contribution is 2.19. The minimum absolute atomic E-state index is 0.319. The van der Waals surface area contributed by atoms with E-state index in [1.807, 2.05) is 0 Å². The van der Waals surface area contributed by atoms with Crippen molar-refractivity contribution in [3.8, 4) is 11.5 Å². The number of nitrogens with zero attached hydrogens (tertiary/aromatic N) is 4. The van der Waals surface area contributed by atoms with E-state index in [0.717, 1.165) is 10.9 Å². The van der Waals surface area contributed by atoms with Gasteiger partial charge in [0.15, 0.2) is 5.82 Å². The molecule has 5 N–H and O–H groups in total. The van der Waals surface area contributed by atoms with Gasteiger partial charge in [0.1, 0.15) is 17.3 Å². The SMILES string of the molecule is Nc1cc(N)nc(-c2cc3[nH]ncc3cn2)n1. The van der Waals surface area contributed by atoms with Crippen LogP contribution in [-0.2, 0) is 0 Å². The zero-order chi connectivity index (χ0) is 11.8. The molecule has 7 heteroatoms. The average Bonchev–Trinajstić information content (AvgIpc) is 2.74. The number of hydrogen-bond donors (Lipinski definition) is 3. The van der Waals surface area contributed by atoms with Crippen molar-refractivity contribution >= 4 is 22.5 Å². The summed E-state index contributed by atoms with van der Waals surface area (Å²) >= 11 is 0. The van der Waals surface area contributed by atoms with Crippen molar-refractivity contribution in [2.24, 2.45) is 0 Å². The Kier molecular flexibility index (Phi) is 1.91. The van der Waals surface area contributed by atoms with Crippen molar-refractivity contribution in [2.75, 3.05) is 11.5 Å². The lowest BCUT2D eigenvalue weighted by atomic mass is 10.2. The van der Waals surface area contributed by atoms with E-state index in [-0.39, 0.29) is 0 Å². The van der Waals surface area contributed by atoms with Crippen LogP contribution in [0.4, 0.5) is 11.6 Å². The third-order valence-corrected chi connectivity index (χ3v) is 2.32. The van der Waals surface area contributed by atoms with Crippen LogP contribution in [0.15, 0.2) is 24.5 Å². The highest BCUT2D eigenvalue weighted by atomic mass is 15.1. The van der Waals surface area contributed by atoms with Gasteiger partial charge in [0.05, 0.1) is 11.7 Å². The molecule has 3 aromatic heterocycles. The maximum absolute atomic E-state index is 5.61. The fraction of sp³-hybridized carbons (Fsp3) is 0. The van der Waals surface area contributed by atoms with Gasteiger partial charge in [-0.1, -0.05) is 0 Å². The van der Waals surface area contributed by atoms with E-state index in [4.69, 9.17) is 11.5 Å². The predicted molar refractivity (Wildman–Crippen MR) is 63.7 cm³/mol. The molecule has 17 heavy (non-hydrogen) atoms. The summed E-state index contributed by atoms with van der Waals surface area (Å²) in [5.74, 6) is 1.04. The molecule has 0 radical (unpaired) electrons. The first-order chi connectivity index (χ1) is 8.22. The van der Waals surface area contributed by atoms with E-state index in [0.29, 0.717) is 23.2 Å². The standard InChI is InChI=1S/C10H9N7/c11-8-2-9(12)16-10(15-8)7-1-6-5(3-13-7)4-14-17-6/h1-4H,(H,14,17)(H4,11,12,15,16). The van der Waals surface area contributed by atoms with Crippen LogP contribution >= 0.6 is 0 Å². The molecule has 3 heterocycles. The first-order valence-corrected chi connectivity index (χ1v) is 4.92. The molecule has 0 atom stereocenters. The zero-order valence-corrected chi connectivity index (χ0v) is 8.75. The van der Waals surface area contributed by atoms with Gasteiger partial charge in [-0.05, 0) is 6.07 Å². The second-order valence-corrected chi connectivity index (χ2v) is 3.57. The molecule has 0 fully saturated rings. The first-order valence-electron chi connectivity index (χ1n) is 4.92. The summed E-state index contributed by atoms with van der Waals surface area (Å²) in [5.41, 5.74) is 12.7. The fourth-order valence-corrected chi connectivity index (χ4v) is 1.56. The molecule has 0 aromatic carbocycles. The Balaban J connectivity index is 2.19. The summed E-state index contributed by atoms with van der Waals surface area (Å²) in [6.07, 6.45) is 3.39. The van der Waals surface area contributed by atoms with Crippen LogP contribution < -0.4 is 11.5 Å². The van der Waals surface area contributed by atoms with Crippen LogP contribution in [0, 0.1) is 0 Å². The number of hydrogen-bond acceptors (Lipinski definition) is 6. The molecule has 3 rings (SSSR count). The maximum Gasteiger partial charge on any atom is 0.182 e. The number of nitrogen functional groups attached to an aromatic ring is 2. The van der Waals surface area contributed by atoms with Crippen LogP contribution in [-0.4, -0.2) is 25.1 Å². The van der Waals surface area contributed by atoms with E-state index in [2.05, 4.69) is 25.1 Å². The maximum atomic E-state index is 5.61. The Morgan fingerprint density at radius 1 is 1.00 bits per heavy atom. The molecule has 0 amide bonds. The first kappa shape index (κ1) is 9.52. The van der Waals surface area contributed by atoms with Crippen LogP contribution in [0.1, 0.15) is 0 Å². The molecular weight excluding hydrogens is 218 g/mol. The second-order valence-electron chi connectivity index (χ2n) is 3.57. The summed E-state index contributed by atoms with van der Waals surface area (Å²) in [4.78, 5) is 12.4. The lowest BCUT2D eigenvalue weighted by Gasteiger charge is -2.02. The normalized spacial score (nSPS) is 10.8. The van der Waals surface area contributed by atoms with E-state index in [9.17, 15) is 0 Å². The highest BCUT2D eigenvalue weighted by molar-refractivity contribution is 5.80. The molecule has 0 unspecified atom stereocenters. The lowest BCUT2D eigenvalue weighted by molar-refractivity contribution is 1.12. The number of anilines is 2. The molecule has 0 saturated heterocycles. The number of pyridine rings is 1. The number of rotatable bonds is 1. The number of aromatic amines is 1. The summed E-state index contributed by atoms with van der Waals surface area (Å²) < 4.78 is 0. The van der Waals surface area contributed by atoms with Gasteiger partial charge < -0.3 is 11.5 Å². The van der Waals surface area contributed by atoms with E-state index >= 15 is 0 Å². The van der Waals surface area contributed by atoms with Crippen LogP contribution in [0.3, 0.4) is 0 Å². The number of H-pyrrole nitrogens is 1. The minimum Gasteiger partial charge on any atom is -0.384 e. The molecular formula is C10H9N7. The summed E-state index contributed by atoms with van der Waals surface area (Å²) in [5, 5.41) is 7.69. The third-order valence-electron chi connectivity index (χ3n) is 2.32. The van der Waals surface area contributed by atoms with Crippen molar-refractivity contribution in [1.82, 2.24) is 25.1 Å². The largest absolute Gasteiger partial charge is 0.384 e. The van der Waals surface area contributed by atoms with Crippen LogP contribution in [0.2, 0.25) is 0 Å². The Bertz CT molecular complexity index is 668. The summed E-state index contributed by atoms with van der Waals surface area (Å²) in [6.45, 7) is 0. The van der Waals surface area contributed by atoms with Gasteiger partial charge in [-0.2, -0.15) is 5.10 Å². The Hall–Kier alpha value is -2.70. The monoisotopic (exact) mass is 227 g/mol. The van der Waals surface area contributed by atoms with Gasteiger partial charge in [0.25, 0.3) is 0 Å². The van der Waals surface area contributed by atoms with Gasteiger partial charge in [-0.15, -0.1) is 0 Å². The Labute approximate surface area is 95.9 Å². The summed E-state index contributed by atoms with van der Waals surface area (Å²) in [6, 6.07) is 3.30. The van der Waals surface area contributed by atoms with Crippen molar-refractivity contribution in [3.05, 3.63) is 24.5 Å². The smallest absolute Gasteiger partial charge is 0.182 e. The van der Waals surface area contributed by atoms with Crippen LogP contribution in [0.5, 0.6) is 0 Å². The van der Waals surface area contributed by atoms with E-state index in [1.165, 1.54) is 6.07 Å². The molecule has 0 saturated carbocycles. The Morgan fingerprint density at radius 2 is 1.76 bits per heavy atom. The minimum atomic E-state index is 0.319. The van der Waals surface area contributed by atoms with Crippen molar-refractivity contribution < 1.29 is 0 Å².